The standard InChI is InChI=1S/C12H25N/c1-10(2)5-6-13-8-12(9-13)7-11(3)4/h10-12H,5-9H2,1-4H3. The first-order chi connectivity index (χ1) is 6.08. The summed E-state index contributed by atoms with van der Waals surface area (Å²) in [6, 6.07) is 0. The van der Waals surface area contributed by atoms with Gasteiger partial charge >= 0.3 is 0 Å². The minimum atomic E-state index is 0.865. The van der Waals surface area contributed by atoms with Gasteiger partial charge in [0.2, 0.25) is 0 Å². The van der Waals surface area contributed by atoms with E-state index in [9.17, 15) is 0 Å². The molecule has 1 aliphatic heterocycles. The fourth-order valence-corrected chi connectivity index (χ4v) is 2.12. The third kappa shape index (κ3) is 4.12. The van der Waals surface area contributed by atoms with Crippen molar-refractivity contribution in [3.8, 4) is 0 Å². The van der Waals surface area contributed by atoms with E-state index in [1.54, 1.807) is 0 Å². The van der Waals surface area contributed by atoms with Gasteiger partial charge in [-0.3, -0.25) is 0 Å². The molecule has 1 fully saturated rings. The second-order valence-electron chi connectivity index (χ2n) is 5.44. The lowest BCUT2D eigenvalue weighted by Gasteiger charge is -2.40. The van der Waals surface area contributed by atoms with E-state index >= 15 is 0 Å². The fraction of sp³-hybridized carbons (Fsp3) is 1.00. The summed E-state index contributed by atoms with van der Waals surface area (Å²) in [5.41, 5.74) is 0. The molecule has 0 aromatic heterocycles. The van der Waals surface area contributed by atoms with Crippen molar-refractivity contribution >= 4 is 0 Å². The Balaban J connectivity index is 1.98. The van der Waals surface area contributed by atoms with Crippen LogP contribution in [0.4, 0.5) is 0 Å². The number of hydrogen-bond acceptors (Lipinski definition) is 1. The molecule has 1 aliphatic rings. The SMILES string of the molecule is CC(C)CCN1CC(CC(C)C)C1. The fourth-order valence-electron chi connectivity index (χ4n) is 2.12. The third-order valence-electron chi connectivity index (χ3n) is 2.86. The van der Waals surface area contributed by atoms with Crippen LogP contribution in [0.2, 0.25) is 0 Å². The van der Waals surface area contributed by atoms with Crippen LogP contribution < -0.4 is 0 Å². The maximum atomic E-state index is 2.60. The molecule has 1 heteroatoms. The Morgan fingerprint density at radius 3 is 2.15 bits per heavy atom. The highest BCUT2D eigenvalue weighted by Gasteiger charge is 2.26. The molecule has 0 saturated carbocycles. The highest BCUT2D eigenvalue weighted by atomic mass is 15.2. The minimum Gasteiger partial charge on any atom is -0.303 e. The topological polar surface area (TPSA) is 3.24 Å². The number of rotatable bonds is 5. The summed E-state index contributed by atoms with van der Waals surface area (Å²) >= 11 is 0. The molecule has 0 atom stereocenters. The molecule has 0 aliphatic carbocycles. The second kappa shape index (κ2) is 4.99. The summed E-state index contributed by atoms with van der Waals surface area (Å²) < 4.78 is 0. The maximum absolute atomic E-state index is 2.60. The molecule has 0 aromatic rings. The van der Waals surface area contributed by atoms with E-state index in [1.165, 1.54) is 32.5 Å². The van der Waals surface area contributed by atoms with Crippen LogP contribution in [-0.2, 0) is 0 Å². The molecule has 0 aromatic carbocycles. The van der Waals surface area contributed by atoms with Crippen LogP contribution in [-0.4, -0.2) is 24.5 Å². The Morgan fingerprint density at radius 1 is 1.08 bits per heavy atom. The van der Waals surface area contributed by atoms with E-state index in [4.69, 9.17) is 0 Å². The largest absolute Gasteiger partial charge is 0.303 e. The first-order valence-corrected chi connectivity index (χ1v) is 5.80. The zero-order valence-corrected chi connectivity index (χ0v) is 9.71. The van der Waals surface area contributed by atoms with E-state index in [2.05, 4.69) is 32.6 Å². The molecule has 1 heterocycles. The van der Waals surface area contributed by atoms with Crippen LogP contribution in [0.1, 0.15) is 40.5 Å². The van der Waals surface area contributed by atoms with Crippen molar-refractivity contribution in [2.24, 2.45) is 17.8 Å². The van der Waals surface area contributed by atoms with E-state index in [0.717, 1.165) is 17.8 Å². The molecule has 13 heavy (non-hydrogen) atoms. The summed E-state index contributed by atoms with van der Waals surface area (Å²) in [6.07, 6.45) is 2.80. The van der Waals surface area contributed by atoms with E-state index in [-0.39, 0.29) is 0 Å². The van der Waals surface area contributed by atoms with Gasteiger partial charge in [-0.15, -0.1) is 0 Å². The molecule has 78 valence electrons. The van der Waals surface area contributed by atoms with Gasteiger partial charge in [0, 0.05) is 13.1 Å². The smallest absolute Gasteiger partial charge is 0.00221 e. The van der Waals surface area contributed by atoms with Crippen LogP contribution in [0.15, 0.2) is 0 Å². The molecule has 0 spiro atoms. The lowest BCUT2D eigenvalue weighted by molar-refractivity contribution is 0.0805. The van der Waals surface area contributed by atoms with Crippen LogP contribution in [0.25, 0.3) is 0 Å². The van der Waals surface area contributed by atoms with Crippen molar-refractivity contribution in [2.45, 2.75) is 40.5 Å². The summed E-state index contributed by atoms with van der Waals surface area (Å²) in [5.74, 6) is 2.76. The van der Waals surface area contributed by atoms with E-state index < -0.39 is 0 Å². The lowest BCUT2D eigenvalue weighted by atomic mass is 9.90. The third-order valence-corrected chi connectivity index (χ3v) is 2.86. The molecular weight excluding hydrogens is 158 g/mol. The van der Waals surface area contributed by atoms with Crippen LogP contribution in [0.3, 0.4) is 0 Å². The van der Waals surface area contributed by atoms with Gasteiger partial charge in [0.1, 0.15) is 0 Å². The zero-order chi connectivity index (χ0) is 9.84. The van der Waals surface area contributed by atoms with Crippen molar-refractivity contribution in [1.29, 1.82) is 0 Å². The maximum Gasteiger partial charge on any atom is 0.00221 e. The van der Waals surface area contributed by atoms with Crippen LogP contribution >= 0.6 is 0 Å². The quantitative estimate of drug-likeness (QED) is 0.633. The van der Waals surface area contributed by atoms with Crippen molar-refractivity contribution in [2.75, 3.05) is 19.6 Å². The van der Waals surface area contributed by atoms with E-state index in [1.807, 2.05) is 0 Å². The Hall–Kier alpha value is -0.0400. The summed E-state index contributed by atoms with van der Waals surface area (Å²) in [5, 5.41) is 0. The predicted molar refractivity (Wildman–Crippen MR) is 58.8 cm³/mol. The Labute approximate surface area is 83.5 Å². The van der Waals surface area contributed by atoms with Gasteiger partial charge in [-0.2, -0.15) is 0 Å². The van der Waals surface area contributed by atoms with Crippen molar-refractivity contribution < 1.29 is 0 Å². The van der Waals surface area contributed by atoms with Gasteiger partial charge in [-0.25, -0.2) is 0 Å². The van der Waals surface area contributed by atoms with Gasteiger partial charge in [0.25, 0.3) is 0 Å². The minimum absolute atomic E-state index is 0.865. The van der Waals surface area contributed by atoms with Gasteiger partial charge in [-0.1, -0.05) is 27.7 Å². The van der Waals surface area contributed by atoms with E-state index in [0.29, 0.717) is 0 Å². The zero-order valence-electron chi connectivity index (χ0n) is 9.71. The molecule has 0 unspecified atom stereocenters. The average molecular weight is 183 g/mol. The molecule has 0 radical (unpaired) electrons. The Kier molecular flexibility index (Phi) is 4.24. The molecule has 1 nitrogen and oxygen atoms in total. The normalized spacial score (nSPS) is 19.8. The summed E-state index contributed by atoms with van der Waals surface area (Å²) in [7, 11) is 0. The number of likely N-dealkylation sites (tertiary alicyclic amines) is 1. The first kappa shape index (κ1) is 11.0. The predicted octanol–water partition coefficient (Wildman–Crippen LogP) is 3.01. The van der Waals surface area contributed by atoms with Crippen molar-refractivity contribution in [3.63, 3.8) is 0 Å². The van der Waals surface area contributed by atoms with Gasteiger partial charge in [0.05, 0.1) is 0 Å². The monoisotopic (exact) mass is 183 g/mol. The molecule has 0 amide bonds. The van der Waals surface area contributed by atoms with Crippen LogP contribution in [0, 0.1) is 17.8 Å². The summed E-state index contributed by atoms with van der Waals surface area (Å²) in [6.45, 7) is 13.3. The van der Waals surface area contributed by atoms with Crippen molar-refractivity contribution in [3.05, 3.63) is 0 Å². The highest BCUT2D eigenvalue weighted by Crippen LogP contribution is 2.23. The molecular formula is C12H25N. The van der Waals surface area contributed by atoms with Crippen molar-refractivity contribution in [1.82, 2.24) is 4.90 Å². The average Bonchev–Trinajstić information content (AvgIpc) is 1.92. The van der Waals surface area contributed by atoms with Gasteiger partial charge < -0.3 is 4.90 Å². The molecule has 0 bridgehead atoms. The molecule has 0 N–H and O–H groups in total. The Morgan fingerprint density at radius 2 is 1.69 bits per heavy atom. The number of nitrogens with zero attached hydrogens (tertiary/aromatic N) is 1. The summed E-state index contributed by atoms with van der Waals surface area (Å²) in [4.78, 5) is 2.60. The lowest BCUT2D eigenvalue weighted by Crippen LogP contribution is -2.47. The first-order valence-electron chi connectivity index (χ1n) is 5.80. The van der Waals surface area contributed by atoms with Crippen LogP contribution in [0.5, 0.6) is 0 Å². The number of hydrogen-bond donors (Lipinski definition) is 0. The second-order valence-corrected chi connectivity index (χ2v) is 5.44. The van der Waals surface area contributed by atoms with Gasteiger partial charge in [0.15, 0.2) is 0 Å². The van der Waals surface area contributed by atoms with Gasteiger partial charge in [-0.05, 0) is 37.1 Å². The molecule has 1 saturated heterocycles. The molecule has 1 rings (SSSR count). The highest BCUT2D eigenvalue weighted by molar-refractivity contribution is 4.80. The Bertz CT molecular complexity index is 134.